The van der Waals surface area contributed by atoms with Gasteiger partial charge in [-0.3, -0.25) is 4.79 Å². The van der Waals surface area contributed by atoms with Gasteiger partial charge in [-0.05, 0) is 37.1 Å². The van der Waals surface area contributed by atoms with Crippen LogP contribution in [0.25, 0.3) is 0 Å². The highest BCUT2D eigenvalue weighted by Crippen LogP contribution is 2.25. The lowest BCUT2D eigenvalue weighted by Gasteiger charge is -2.35. The molecule has 0 spiro atoms. The third-order valence-corrected chi connectivity index (χ3v) is 5.45. The van der Waals surface area contributed by atoms with Crippen molar-refractivity contribution >= 4 is 23.4 Å². The van der Waals surface area contributed by atoms with Crippen LogP contribution in [0.15, 0.2) is 36.5 Å². The van der Waals surface area contributed by atoms with Gasteiger partial charge in [-0.1, -0.05) is 25.3 Å². The lowest BCUT2D eigenvalue weighted by Crippen LogP contribution is -2.47. The summed E-state index contributed by atoms with van der Waals surface area (Å²) in [5, 5.41) is 11.5. The molecule has 7 heteroatoms. The van der Waals surface area contributed by atoms with E-state index < -0.39 is 0 Å². The summed E-state index contributed by atoms with van der Waals surface area (Å²) < 4.78 is 0. The van der Waals surface area contributed by atoms with Gasteiger partial charge in [-0.25, -0.2) is 4.98 Å². The van der Waals surface area contributed by atoms with Crippen LogP contribution in [0.3, 0.4) is 0 Å². The zero-order valence-electron chi connectivity index (χ0n) is 15.5. The van der Waals surface area contributed by atoms with E-state index in [2.05, 4.69) is 30.3 Å². The molecule has 1 saturated heterocycles. The third-order valence-electron chi connectivity index (χ3n) is 5.45. The van der Waals surface area contributed by atoms with Crippen molar-refractivity contribution in [2.75, 3.05) is 41.3 Å². The number of pyridine rings is 1. The molecule has 0 unspecified atom stereocenters. The van der Waals surface area contributed by atoms with Gasteiger partial charge in [0.15, 0.2) is 11.6 Å². The molecular weight excluding hydrogens is 340 g/mol. The van der Waals surface area contributed by atoms with Gasteiger partial charge in [-0.15, -0.1) is 10.2 Å². The molecule has 2 aromatic rings. The van der Waals surface area contributed by atoms with Gasteiger partial charge in [0.1, 0.15) is 5.82 Å². The number of anilines is 3. The first kappa shape index (κ1) is 17.7. The maximum absolute atomic E-state index is 12.3. The van der Waals surface area contributed by atoms with Crippen molar-refractivity contribution in [3.05, 3.63) is 36.5 Å². The van der Waals surface area contributed by atoms with Crippen molar-refractivity contribution in [3.8, 4) is 0 Å². The summed E-state index contributed by atoms with van der Waals surface area (Å²) in [6.07, 6.45) is 7.33. The fourth-order valence-corrected chi connectivity index (χ4v) is 3.86. The fraction of sp³-hybridized carbons (Fsp3) is 0.500. The van der Waals surface area contributed by atoms with Crippen LogP contribution in [0.4, 0.5) is 17.5 Å². The molecule has 0 radical (unpaired) electrons. The molecule has 0 atom stereocenters. The summed E-state index contributed by atoms with van der Waals surface area (Å²) in [5.74, 6) is 2.62. The van der Waals surface area contributed by atoms with Crippen molar-refractivity contribution in [2.45, 2.75) is 32.1 Å². The summed E-state index contributed by atoms with van der Waals surface area (Å²) in [5.41, 5.74) is 0. The van der Waals surface area contributed by atoms with Crippen LogP contribution in [0, 0.1) is 5.92 Å². The van der Waals surface area contributed by atoms with E-state index in [0.717, 1.165) is 63.5 Å². The van der Waals surface area contributed by atoms with E-state index in [1.165, 1.54) is 6.42 Å². The summed E-state index contributed by atoms with van der Waals surface area (Å²) >= 11 is 0. The molecule has 142 valence electrons. The lowest BCUT2D eigenvalue weighted by atomic mass is 9.89. The molecule has 0 aromatic carbocycles. The predicted octanol–water partition coefficient (Wildman–Crippen LogP) is 2.72. The third kappa shape index (κ3) is 4.35. The van der Waals surface area contributed by atoms with E-state index >= 15 is 0 Å². The summed E-state index contributed by atoms with van der Waals surface area (Å²) in [6.45, 7) is 3.55. The maximum atomic E-state index is 12.3. The Morgan fingerprint density at radius 3 is 2.26 bits per heavy atom. The van der Waals surface area contributed by atoms with Crippen molar-refractivity contribution < 1.29 is 4.79 Å². The first-order valence-corrected chi connectivity index (χ1v) is 9.85. The van der Waals surface area contributed by atoms with Crippen LogP contribution in [-0.4, -0.2) is 47.3 Å². The van der Waals surface area contributed by atoms with Gasteiger partial charge in [-0.2, -0.15) is 0 Å². The van der Waals surface area contributed by atoms with Crippen molar-refractivity contribution in [3.63, 3.8) is 0 Å². The average Bonchev–Trinajstić information content (AvgIpc) is 2.76. The molecular formula is C20H26N6O. The molecule has 4 rings (SSSR count). The molecule has 7 nitrogen and oxygen atoms in total. The molecule has 1 saturated carbocycles. The fourth-order valence-electron chi connectivity index (χ4n) is 3.86. The second-order valence-electron chi connectivity index (χ2n) is 7.26. The molecule has 3 heterocycles. The van der Waals surface area contributed by atoms with Gasteiger partial charge >= 0.3 is 0 Å². The summed E-state index contributed by atoms with van der Waals surface area (Å²) in [7, 11) is 0. The normalized spacial score (nSPS) is 18.4. The second-order valence-corrected chi connectivity index (χ2v) is 7.26. The highest BCUT2D eigenvalue weighted by Gasteiger charge is 2.22. The number of carbonyl (C=O) groups is 1. The molecule has 0 bridgehead atoms. The lowest BCUT2D eigenvalue weighted by molar-refractivity contribution is -0.120. The predicted molar refractivity (Wildman–Crippen MR) is 106 cm³/mol. The van der Waals surface area contributed by atoms with Crippen LogP contribution < -0.4 is 15.1 Å². The Hall–Kier alpha value is -2.70. The van der Waals surface area contributed by atoms with E-state index in [4.69, 9.17) is 0 Å². The number of aromatic nitrogens is 3. The van der Waals surface area contributed by atoms with E-state index in [9.17, 15) is 4.79 Å². The molecule has 2 fully saturated rings. The van der Waals surface area contributed by atoms with Crippen LogP contribution >= 0.6 is 0 Å². The van der Waals surface area contributed by atoms with Gasteiger partial charge in [0.25, 0.3) is 0 Å². The second kappa shape index (κ2) is 8.33. The van der Waals surface area contributed by atoms with Gasteiger partial charge in [0.05, 0.1) is 0 Å². The molecule has 2 aromatic heterocycles. The minimum Gasteiger partial charge on any atom is -0.353 e. The minimum absolute atomic E-state index is 0.0840. The number of carbonyl (C=O) groups excluding carboxylic acids is 1. The monoisotopic (exact) mass is 366 g/mol. The quantitative estimate of drug-likeness (QED) is 0.897. The Morgan fingerprint density at radius 2 is 1.63 bits per heavy atom. The zero-order chi connectivity index (χ0) is 18.5. The molecule has 1 amide bonds. The molecule has 1 aliphatic carbocycles. The number of piperazine rings is 1. The Labute approximate surface area is 159 Å². The highest BCUT2D eigenvalue weighted by molar-refractivity contribution is 5.91. The minimum atomic E-state index is 0.0840. The number of nitrogens with one attached hydrogen (secondary N) is 1. The van der Waals surface area contributed by atoms with E-state index in [0.29, 0.717) is 5.82 Å². The smallest absolute Gasteiger partial charge is 0.228 e. The first-order chi connectivity index (χ1) is 13.3. The van der Waals surface area contributed by atoms with Crippen molar-refractivity contribution in [2.24, 2.45) is 5.92 Å². The van der Waals surface area contributed by atoms with Crippen LogP contribution in [-0.2, 0) is 4.79 Å². The topological polar surface area (TPSA) is 74.2 Å². The Morgan fingerprint density at radius 1 is 0.889 bits per heavy atom. The number of amides is 1. The molecule has 27 heavy (non-hydrogen) atoms. The van der Waals surface area contributed by atoms with Crippen LogP contribution in [0.1, 0.15) is 32.1 Å². The largest absolute Gasteiger partial charge is 0.353 e. The molecule has 1 aliphatic heterocycles. The Balaban J connectivity index is 1.31. The highest BCUT2D eigenvalue weighted by atomic mass is 16.1. The first-order valence-electron chi connectivity index (χ1n) is 9.85. The number of hydrogen-bond acceptors (Lipinski definition) is 6. The van der Waals surface area contributed by atoms with E-state index in [1.54, 1.807) is 0 Å². The Bertz CT molecular complexity index is 737. The van der Waals surface area contributed by atoms with Gasteiger partial charge in [0.2, 0.25) is 5.91 Å². The number of nitrogens with zero attached hydrogens (tertiary/aromatic N) is 5. The van der Waals surface area contributed by atoms with Crippen molar-refractivity contribution in [1.29, 1.82) is 0 Å². The number of rotatable bonds is 4. The maximum Gasteiger partial charge on any atom is 0.228 e. The standard InChI is InChI=1S/C20H26N6O/c27-20(16-6-2-1-3-7-16)22-17-9-10-19(24-23-17)26-14-12-25(13-15-26)18-8-4-5-11-21-18/h4-5,8-11,16H,1-3,6-7,12-15H2,(H,22,23,27). The van der Waals surface area contributed by atoms with Gasteiger partial charge < -0.3 is 15.1 Å². The SMILES string of the molecule is O=C(Nc1ccc(N2CCN(c3ccccn3)CC2)nn1)C1CCCCC1. The van der Waals surface area contributed by atoms with Crippen LogP contribution in [0.2, 0.25) is 0 Å². The van der Waals surface area contributed by atoms with Crippen LogP contribution in [0.5, 0.6) is 0 Å². The number of hydrogen-bond donors (Lipinski definition) is 1. The zero-order valence-corrected chi connectivity index (χ0v) is 15.5. The van der Waals surface area contributed by atoms with E-state index in [1.807, 2.05) is 36.5 Å². The van der Waals surface area contributed by atoms with E-state index in [-0.39, 0.29) is 11.8 Å². The van der Waals surface area contributed by atoms with Crippen molar-refractivity contribution in [1.82, 2.24) is 15.2 Å². The average molecular weight is 366 g/mol. The summed E-state index contributed by atoms with van der Waals surface area (Å²) in [4.78, 5) is 21.2. The summed E-state index contributed by atoms with van der Waals surface area (Å²) in [6, 6.07) is 9.79. The van der Waals surface area contributed by atoms with Gasteiger partial charge in [0, 0.05) is 38.3 Å². The molecule has 1 N–H and O–H groups in total. The Kier molecular flexibility index (Phi) is 5.46. The molecule has 2 aliphatic rings.